The zero-order chi connectivity index (χ0) is 19.6. The summed E-state index contributed by atoms with van der Waals surface area (Å²) < 4.78 is 13.1. The molecule has 0 radical (unpaired) electrons. The molecule has 0 bridgehead atoms. The molecule has 0 aliphatic carbocycles. The summed E-state index contributed by atoms with van der Waals surface area (Å²) >= 11 is 2.50. The van der Waals surface area contributed by atoms with Crippen LogP contribution < -0.4 is 5.32 Å². The Morgan fingerprint density at radius 3 is 2.89 bits per heavy atom. The summed E-state index contributed by atoms with van der Waals surface area (Å²) in [6.07, 6.45) is 1.64. The number of carbonyl (C=O) groups is 1. The van der Waals surface area contributed by atoms with Crippen LogP contribution in [0, 0.1) is 11.2 Å². The largest absolute Gasteiger partial charge is 0.507 e. The molecule has 0 unspecified atom stereocenters. The molecule has 142 valence electrons. The van der Waals surface area contributed by atoms with E-state index in [0.717, 1.165) is 6.07 Å². The average molecular weight is 407 g/mol. The molecule has 1 saturated heterocycles. The monoisotopic (exact) mass is 407 g/mol. The summed E-state index contributed by atoms with van der Waals surface area (Å²) in [4.78, 5) is 21.3. The van der Waals surface area contributed by atoms with Gasteiger partial charge < -0.3 is 15.5 Å². The van der Waals surface area contributed by atoms with E-state index in [1.807, 2.05) is 13.8 Å². The van der Waals surface area contributed by atoms with E-state index in [1.54, 1.807) is 11.5 Å². The van der Waals surface area contributed by atoms with Gasteiger partial charge in [0, 0.05) is 30.0 Å². The Labute approximate surface area is 163 Å². The summed E-state index contributed by atoms with van der Waals surface area (Å²) in [7, 11) is 0. The average Bonchev–Trinajstić information content (AvgIpc) is 3.21. The van der Waals surface area contributed by atoms with Gasteiger partial charge >= 0.3 is 0 Å². The normalized spacial score (nSPS) is 17.7. The van der Waals surface area contributed by atoms with Crippen LogP contribution in [0.2, 0.25) is 0 Å². The molecule has 0 saturated carbocycles. The smallest absolute Gasteiger partial charge is 0.264 e. The molecular weight excluding hydrogens is 389 g/mol. The number of aliphatic hydroxyl groups is 1. The van der Waals surface area contributed by atoms with E-state index in [0.29, 0.717) is 32.9 Å². The van der Waals surface area contributed by atoms with Crippen LogP contribution in [0.3, 0.4) is 0 Å². The van der Waals surface area contributed by atoms with Crippen LogP contribution in [0.5, 0.6) is 5.75 Å². The molecule has 1 aliphatic rings. The van der Waals surface area contributed by atoms with Crippen LogP contribution >= 0.6 is 23.1 Å². The van der Waals surface area contributed by atoms with Gasteiger partial charge in [-0.1, -0.05) is 13.8 Å². The number of aliphatic hydroxyl groups excluding tert-OH is 1. The fourth-order valence-electron chi connectivity index (χ4n) is 2.13. The number of phenols is 1. The lowest BCUT2D eigenvalue weighted by Gasteiger charge is -2.18. The van der Waals surface area contributed by atoms with Crippen molar-refractivity contribution >= 4 is 40.2 Å². The number of aromatic nitrogens is 1. The van der Waals surface area contributed by atoms with Crippen molar-refractivity contribution in [1.82, 2.24) is 10.3 Å². The number of hydrogen-bond donors (Lipinski definition) is 3. The molecule has 0 spiro atoms. The number of nitrogens with zero attached hydrogens (tertiary/aromatic N) is 2. The molecule has 1 amide bonds. The van der Waals surface area contributed by atoms with E-state index in [9.17, 15) is 19.4 Å². The molecule has 0 atom stereocenters. The maximum absolute atomic E-state index is 13.1. The number of thiazole rings is 1. The molecule has 27 heavy (non-hydrogen) atoms. The third kappa shape index (κ3) is 4.74. The quantitative estimate of drug-likeness (QED) is 0.662. The van der Waals surface area contributed by atoms with Crippen LogP contribution in [-0.4, -0.2) is 39.4 Å². The van der Waals surface area contributed by atoms with Crippen molar-refractivity contribution in [3.63, 3.8) is 0 Å². The van der Waals surface area contributed by atoms with Gasteiger partial charge in [0.2, 0.25) is 0 Å². The molecule has 9 heteroatoms. The van der Waals surface area contributed by atoms with Crippen molar-refractivity contribution in [1.29, 1.82) is 0 Å². The number of rotatable bonds is 5. The zero-order valence-electron chi connectivity index (χ0n) is 14.7. The Morgan fingerprint density at radius 1 is 1.41 bits per heavy atom. The summed E-state index contributed by atoms with van der Waals surface area (Å²) in [5, 5.41) is 24.6. The first-order valence-electron chi connectivity index (χ1n) is 8.08. The number of nitrogens with one attached hydrogen (secondary N) is 1. The third-order valence-corrected chi connectivity index (χ3v) is 5.56. The summed E-state index contributed by atoms with van der Waals surface area (Å²) in [6.45, 7) is 4.17. The Kier molecular flexibility index (Phi) is 5.64. The minimum atomic E-state index is -0.523. The molecule has 3 N–H and O–H groups in total. The van der Waals surface area contributed by atoms with Gasteiger partial charge in [-0.05, 0) is 30.0 Å². The lowest BCUT2D eigenvalue weighted by molar-refractivity contribution is -0.115. The molecule has 1 aliphatic heterocycles. The van der Waals surface area contributed by atoms with Gasteiger partial charge in [-0.15, -0.1) is 11.3 Å². The number of hydrogen-bond acceptors (Lipinski definition) is 7. The Bertz CT molecular complexity index is 938. The molecule has 1 aromatic heterocycles. The number of halogens is 1. The fourth-order valence-corrected chi connectivity index (χ4v) is 3.75. The van der Waals surface area contributed by atoms with Crippen molar-refractivity contribution in [2.75, 3.05) is 13.2 Å². The second-order valence-corrected chi connectivity index (χ2v) is 8.64. The van der Waals surface area contributed by atoms with Crippen LogP contribution in [0.1, 0.15) is 19.5 Å². The molecule has 2 heterocycles. The minimum Gasteiger partial charge on any atom is -0.507 e. The molecule has 3 rings (SSSR count). The van der Waals surface area contributed by atoms with E-state index < -0.39 is 5.82 Å². The third-order valence-electron chi connectivity index (χ3n) is 3.72. The van der Waals surface area contributed by atoms with Crippen LogP contribution in [0.4, 0.5) is 4.39 Å². The van der Waals surface area contributed by atoms with Crippen LogP contribution in [0.15, 0.2) is 33.5 Å². The number of benzene rings is 1. The first-order chi connectivity index (χ1) is 12.8. The number of phenolic OH excluding ortho intramolecular Hbond substituents is 1. The highest BCUT2D eigenvalue weighted by Gasteiger charge is 2.25. The predicted molar refractivity (Wildman–Crippen MR) is 106 cm³/mol. The number of carbonyl (C=O) groups excluding carboxylic acids is 1. The highest BCUT2D eigenvalue weighted by Crippen LogP contribution is 2.33. The fraction of sp³-hybridized carbons (Fsp3) is 0.278. The topological polar surface area (TPSA) is 94.8 Å². The number of amidine groups is 1. The second-order valence-electron chi connectivity index (χ2n) is 6.75. The highest BCUT2D eigenvalue weighted by molar-refractivity contribution is 8.18. The highest BCUT2D eigenvalue weighted by atomic mass is 32.2. The van der Waals surface area contributed by atoms with Crippen molar-refractivity contribution in [2.24, 2.45) is 10.4 Å². The van der Waals surface area contributed by atoms with Crippen molar-refractivity contribution < 1.29 is 19.4 Å². The minimum absolute atomic E-state index is 0.00290. The number of aliphatic imine (C=N–C) groups is 1. The first kappa shape index (κ1) is 19.5. The van der Waals surface area contributed by atoms with Gasteiger partial charge in [0.05, 0.1) is 16.2 Å². The van der Waals surface area contributed by atoms with E-state index in [2.05, 4.69) is 15.3 Å². The second kappa shape index (κ2) is 7.79. The van der Waals surface area contributed by atoms with Gasteiger partial charge in [0.1, 0.15) is 16.6 Å². The van der Waals surface area contributed by atoms with Gasteiger partial charge in [0.15, 0.2) is 5.17 Å². The Balaban J connectivity index is 1.77. The van der Waals surface area contributed by atoms with E-state index >= 15 is 0 Å². The van der Waals surface area contributed by atoms with Gasteiger partial charge in [-0.25, -0.2) is 9.37 Å². The van der Waals surface area contributed by atoms with Crippen molar-refractivity contribution in [2.45, 2.75) is 13.8 Å². The predicted octanol–water partition coefficient (Wildman–Crippen LogP) is 3.23. The zero-order valence-corrected chi connectivity index (χ0v) is 16.3. The molecular formula is C18H18FN3O3S2. The first-order valence-corrected chi connectivity index (χ1v) is 9.78. The maximum Gasteiger partial charge on any atom is 0.264 e. The lowest BCUT2D eigenvalue weighted by Crippen LogP contribution is -2.24. The SMILES string of the molecule is CC(C)(CO)CN=C1NC(=O)/C(=C\c2csc(-c3ccc(F)cc3O)n2)S1. The van der Waals surface area contributed by atoms with Crippen molar-refractivity contribution in [3.05, 3.63) is 40.0 Å². The summed E-state index contributed by atoms with van der Waals surface area (Å²) in [5.41, 5.74) is 0.641. The van der Waals surface area contributed by atoms with Crippen LogP contribution in [-0.2, 0) is 4.79 Å². The van der Waals surface area contributed by atoms with Crippen molar-refractivity contribution in [3.8, 4) is 16.3 Å². The van der Waals surface area contributed by atoms with E-state index in [-0.39, 0.29) is 23.7 Å². The number of amides is 1. The molecule has 1 fully saturated rings. The lowest BCUT2D eigenvalue weighted by atomic mass is 9.95. The van der Waals surface area contributed by atoms with Gasteiger partial charge in [0.25, 0.3) is 5.91 Å². The number of aromatic hydroxyl groups is 1. The maximum atomic E-state index is 13.1. The standard InChI is InChI=1S/C18H18FN3O3S2/c1-18(2,9-23)8-20-17-22-15(25)14(27-17)6-11-7-26-16(21-11)12-4-3-10(19)5-13(12)24/h3-7,23-24H,8-9H2,1-2H3,(H,20,22,25)/b14-6+. The number of thioether (sulfide) groups is 1. The Morgan fingerprint density at radius 2 is 2.19 bits per heavy atom. The molecule has 6 nitrogen and oxygen atoms in total. The molecule has 2 aromatic rings. The van der Waals surface area contributed by atoms with E-state index in [4.69, 9.17) is 0 Å². The summed E-state index contributed by atoms with van der Waals surface area (Å²) in [5.74, 6) is -0.970. The Hall–Kier alpha value is -2.23. The summed E-state index contributed by atoms with van der Waals surface area (Å²) in [6, 6.07) is 3.75. The van der Waals surface area contributed by atoms with Crippen LogP contribution in [0.25, 0.3) is 16.6 Å². The van der Waals surface area contributed by atoms with E-state index in [1.165, 1.54) is 35.2 Å². The van der Waals surface area contributed by atoms with Gasteiger partial charge in [-0.2, -0.15) is 0 Å². The van der Waals surface area contributed by atoms with Gasteiger partial charge in [-0.3, -0.25) is 9.79 Å². The molecule has 1 aromatic carbocycles.